The Kier molecular flexibility index (Phi) is 4.66. The number of aryl methyl sites for hydroxylation is 1. The van der Waals surface area contributed by atoms with E-state index in [1.165, 1.54) is 11.0 Å². The Morgan fingerprint density at radius 2 is 2.39 bits per heavy atom. The molecule has 5 heteroatoms. The zero-order valence-corrected chi connectivity index (χ0v) is 11.7. The molecule has 0 aliphatic rings. The maximum absolute atomic E-state index is 11.5. The van der Waals surface area contributed by atoms with Crippen LogP contribution in [0.1, 0.15) is 15.6 Å². The summed E-state index contributed by atoms with van der Waals surface area (Å²) in [5.41, 5.74) is 0.839. The first kappa shape index (κ1) is 13.0. The van der Waals surface area contributed by atoms with Crippen LogP contribution >= 0.6 is 22.7 Å². The topological polar surface area (TPSA) is 42.0 Å². The minimum absolute atomic E-state index is 0.0720. The standard InChI is InChI=1S/C13H14N2OS2/c1-10-15-11(9-18-10)4-5-13(16)14-7-6-12-3-2-8-17-12/h2-5,8-9H,6-7H2,1H3,(H,14,16)/b5-4+. The predicted octanol–water partition coefficient (Wildman–Crippen LogP) is 2.89. The Bertz CT molecular complexity index is 529. The lowest BCUT2D eigenvalue weighted by atomic mass is 10.3. The van der Waals surface area contributed by atoms with E-state index >= 15 is 0 Å². The highest BCUT2D eigenvalue weighted by atomic mass is 32.1. The Balaban J connectivity index is 1.73. The molecule has 0 saturated carbocycles. The maximum atomic E-state index is 11.5. The van der Waals surface area contributed by atoms with Gasteiger partial charge < -0.3 is 5.32 Å². The van der Waals surface area contributed by atoms with E-state index in [0.717, 1.165) is 17.1 Å². The second-order valence-electron chi connectivity index (χ2n) is 3.75. The van der Waals surface area contributed by atoms with Crippen molar-refractivity contribution >= 4 is 34.7 Å². The molecule has 2 aromatic rings. The molecule has 2 heterocycles. The van der Waals surface area contributed by atoms with Crippen LogP contribution in [0.5, 0.6) is 0 Å². The summed E-state index contributed by atoms with van der Waals surface area (Å²) in [7, 11) is 0. The lowest BCUT2D eigenvalue weighted by molar-refractivity contribution is -0.116. The van der Waals surface area contributed by atoms with Crippen LogP contribution in [-0.4, -0.2) is 17.4 Å². The van der Waals surface area contributed by atoms with Gasteiger partial charge in [-0.1, -0.05) is 6.07 Å². The molecular weight excluding hydrogens is 264 g/mol. The zero-order chi connectivity index (χ0) is 12.8. The normalized spacial score (nSPS) is 10.9. The number of nitrogens with one attached hydrogen (secondary N) is 1. The maximum Gasteiger partial charge on any atom is 0.244 e. The quantitative estimate of drug-likeness (QED) is 0.855. The molecule has 0 spiro atoms. The number of carbonyl (C=O) groups excluding carboxylic acids is 1. The van der Waals surface area contributed by atoms with E-state index < -0.39 is 0 Å². The largest absolute Gasteiger partial charge is 0.352 e. The van der Waals surface area contributed by atoms with Crippen LogP contribution in [0.15, 0.2) is 29.0 Å². The summed E-state index contributed by atoms with van der Waals surface area (Å²) < 4.78 is 0. The Hall–Kier alpha value is -1.46. The van der Waals surface area contributed by atoms with Crippen LogP contribution in [0.25, 0.3) is 6.08 Å². The molecular formula is C13H14N2OS2. The van der Waals surface area contributed by atoms with Gasteiger partial charge in [0.15, 0.2) is 0 Å². The molecule has 2 rings (SSSR count). The molecule has 1 N–H and O–H groups in total. The van der Waals surface area contributed by atoms with Crippen LogP contribution in [-0.2, 0) is 11.2 Å². The number of hydrogen-bond donors (Lipinski definition) is 1. The number of aromatic nitrogens is 1. The molecule has 0 saturated heterocycles. The molecule has 18 heavy (non-hydrogen) atoms. The Morgan fingerprint density at radius 1 is 1.50 bits per heavy atom. The Labute approximate surface area is 114 Å². The smallest absolute Gasteiger partial charge is 0.244 e. The van der Waals surface area contributed by atoms with Crippen molar-refractivity contribution in [2.24, 2.45) is 0 Å². The highest BCUT2D eigenvalue weighted by molar-refractivity contribution is 7.10. The van der Waals surface area contributed by atoms with Gasteiger partial charge in [-0.2, -0.15) is 0 Å². The van der Waals surface area contributed by atoms with Crippen molar-refractivity contribution in [3.05, 3.63) is 44.5 Å². The summed E-state index contributed by atoms with van der Waals surface area (Å²) in [5.74, 6) is -0.0720. The van der Waals surface area contributed by atoms with Crippen molar-refractivity contribution in [3.8, 4) is 0 Å². The molecule has 0 fully saturated rings. The van der Waals surface area contributed by atoms with Crippen molar-refractivity contribution in [1.82, 2.24) is 10.3 Å². The van der Waals surface area contributed by atoms with Gasteiger partial charge in [0, 0.05) is 22.9 Å². The summed E-state index contributed by atoms with van der Waals surface area (Å²) in [6.45, 7) is 2.61. The first-order valence-electron chi connectivity index (χ1n) is 5.64. The summed E-state index contributed by atoms with van der Waals surface area (Å²) in [5, 5.41) is 7.84. The number of thiophene rings is 1. The lowest BCUT2D eigenvalue weighted by Crippen LogP contribution is -2.23. The number of thiazole rings is 1. The van der Waals surface area contributed by atoms with Crippen molar-refractivity contribution in [2.45, 2.75) is 13.3 Å². The second-order valence-corrected chi connectivity index (χ2v) is 5.84. The van der Waals surface area contributed by atoms with Crippen molar-refractivity contribution in [3.63, 3.8) is 0 Å². The fourth-order valence-corrected chi connectivity index (χ4v) is 2.73. The fraction of sp³-hybridized carbons (Fsp3) is 0.231. The van der Waals surface area contributed by atoms with Gasteiger partial charge in [-0.25, -0.2) is 4.98 Å². The van der Waals surface area contributed by atoms with Gasteiger partial charge in [-0.15, -0.1) is 22.7 Å². The Morgan fingerprint density at radius 3 is 3.06 bits per heavy atom. The average Bonchev–Trinajstić information content (AvgIpc) is 2.98. The first-order valence-corrected chi connectivity index (χ1v) is 7.40. The van der Waals surface area contributed by atoms with Crippen LogP contribution < -0.4 is 5.32 Å². The van der Waals surface area contributed by atoms with Gasteiger partial charge in [0.05, 0.1) is 10.7 Å². The predicted molar refractivity (Wildman–Crippen MR) is 76.9 cm³/mol. The van der Waals surface area contributed by atoms with E-state index in [4.69, 9.17) is 0 Å². The molecule has 0 unspecified atom stereocenters. The third kappa shape index (κ3) is 4.09. The van der Waals surface area contributed by atoms with Crippen molar-refractivity contribution in [1.29, 1.82) is 0 Å². The number of hydrogen-bond acceptors (Lipinski definition) is 4. The molecule has 0 aliphatic heterocycles. The highest BCUT2D eigenvalue weighted by Gasteiger charge is 1.98. The van der Waals surface area contributed by atoms with E-state index in [1.807, 2.05) is 23.8 Å². The summed E-state index contributed by atoms with van der Waals surface area (Å²) in [6.07, 6.45) is 4.15. The van der Waals surface area contributed by atoms with E-state index in [1.54, 1.807) is 28.7 Å². The molecule has 0 radical (unpaired) electrons. The van der Waals surface area contributed by atoms with Gasteiger partial charge in [-0.3, -0.25) is 4.79 Å². The van der Waals surface area contributed by atoms with Gasteiger partial charge in [0.25, 0.3) is 0 Å². The molecule has 1 amide bonds. The van der Waals surface area contributed by atoms with Gasteiger partial charge in [-0.05, 0) is 30.9 Å². The number of rotatable bonds is 5. The summed E-state index contributed by atoms with van der Waals surface area (Å²) in [6, 6.07) is 4.09. The van der Waals surface area contributed by atoms with Gasteiger partial charge >= 0.3 is 0 Å². The number of carbonyl (C=O) groups is 1. The van der Waals surface area contributed by atoms with Crippen LogP contribution in [0.2, 0.25) is 0 Å². The monoisotopic (exact) mass is 278 g/mol. The van der Waals surface area contributed by atoms with E-state index in [-0.39, 0.29) is 5.91 Å². The minimum Gasteiger partial charge on any atom is -0.352 e. The van der Waals surface area contributed by atoms with Crippen LogP contribution in [0.3, 0.4) is 0 Å². The SMILES string of the molecule is Cc1nc(/C=C/C(=O)NCCc2cccs2)cs1. The molecule has 0 aromatic carbocycles. The third-order valence-corrected chi connectivity index (χ3v) is 4.02. The molecule has 0 aliphatic carbocycles. The van der Waals surface area contributed by atoms with E-state index in [9.17, 15) is 4.79 Å². The summed E-state index contributed by atoms with van der Waals surface area (Å²) in [4.78, 5) is 17.1. The second kappa shape index (κ2) is 6.47. The molecule has 94 valence electrons. The van der Waals surface area contributed by atoms with Crippen LogP contribution in [0.4, 0.5) is 0 Å². The minimum atomic E-state index is -0.0720. The number of nitrogens with zero attached hydrogens (tertiary/aromatic N) is 1. The average molecular weight is 278 g/mol. The molecule has 0 atom stereocenters. The van der Waals surface area contributed by atoms with Gasteiger partial charge in [0.2, 0.25) is 5.91 Å². The highest BCUT2D eigenvalue weighted by Crippen LogP contribution is 2.09. The zero-order valence-electron chi connectivity index (χ0n) is 10.1. The molecule has 3 nitrogen and oxygen atoms in total. The number of amides is 1. The molecule has 0 bridgehead atoms. The fourth-order valence-electron chi connectivity index (χ4n) is 1.44. The van der Waals surface area contributed by atoms with E-state index in [0.29, 0.717) is 6.54 Å². The van der Waals surface area contributed by atoms with Crippen LogP contribution in [0, 0.1) is 6.92 Å². The summed E-state index contributed by atoms with van der Waals surface area (Å²) >= 11 is 3.29. The van der Waals surface area contributed by atoms with Crippen molar-refractivity contribution in [2.75, 3.05) is 6.54 Å². The van der Waals surface area contributed by atoms with E-state index in [2.05, 4.69) is 16.4 Å². The third-order valence-electron chi connectivity index (χ3n) is 2.29. The first-order chi connectivity index (χ1) is 8.74. The van der Waals surface area contributed by atoms with Crippen molar-refractivity contribution < 1.29 is 4.79 Å². The molecule has 2 aromatic heterocycles. The lowest BCUT2D eigenvalue weighted by Gasteiger charge is -1.99. The van der Waals surface area contributed by atoms with Gasteiger partial charge in [0.1, 0.15) is 0 Å².